The third-order valence-electron chi connectivity index (χ3n) is 1.64. The van der Waals surface area contributed by atoms with Crippen molar-refractivity contribution in [3.8, 4) is 5.75 Å². The lowest BCUT2D eigenvalue weighted by Gasteiger charge is -1.98. The number of nitrogen functional groups attached to an aromatic ring is 1. The van der Waals surface area contributed by atoms with Crippen LogP contribution in [0.3, 0.4) is 0 Å². The number of benzene rings is 1. The molecule has 0 bridgehead atoms. The summed E-state index contributed by atoms with van der Waals surface area (Å²) in [6.45, 7) is 1.37. The third kappa shape index (κ3) is 1.67. The number of aromatic nitrogens is 1. The van der Waals surface area contributed by atoms with Crippen LogP contribution in [0.5, 0.6) is 5.75 Å². The molecule has 0 unspecified atom stereocenters. The lowest BCUT2D eigenvalue weighted by molar-refractivity contribution is -0.131. The minimum Gasteiger partial charge on any atom is -0.427 e. The molecule has 2 N–H and O–H groups in total. The van der Waals surface area contributed by atoms with Crippen molar-refractivity contribution >= 4 is 32.7 Å². The highest BCUT2D eigenvalue weighted by Crippen LogP contribution is 2.27. The maximum absolute atomic E-state index is 10.7. The number of carbonyl (C=O) groups excluding carboxylic acids is 1. The molecule has 0 saturated carbocycles. The summed E-state index contributed by atoms with van der Waals surface area (Å²) in [5.74, 6) is 0.190. The van der Waals surface area contributed by atoms with Gasteiger partial charge in [-0.15, -0.1) is 0 Å². The molecule has 1 aromatic carbocycles. The molecule has 5 heteroatoms. The summed E-state index contributed by atoms with van der Waals surface area (Å²) in [4.78, 5) is 14.8. The van der Waals surface area contributed by atoms with E-state index in [1.54, 1.807) is 18.2 Å². The zero-order valence-corrected chi connectivity index (χ0v) is 8.30. The van der Waals surface area contributed by atoms with Gasteiger partial charge in [0.25, 0.3) is 0 Å². The smallest absolute Gasteiger partial charge is 0.308 e. The number of carbonyl (C=O) groups is 1. The lowest BCUT2D eigenvalue weighted by Crippen LogP contribution is -2.00. The van der Waals surface area contributed by atoms with Crippen LogP contribution in [0.25, 0.3) is 10.2 Å². The average molecular weight is 208 g/mol. The van der Waals surface area contributed by atoms with Gasteiger partial charge in [-0.2, -0.15) is 0 Å². The van der Waals surface area contributed by atoms with Crippen molar-refractivity contribution in [2.24, 2.45) is 0 Å². The molecule has 72 valence electrons. The van der Waals surface area contributed by atoms with Gasteiger partial charge >= 0.3 is 5.97 Å². The number of rotatable bonds is 1. The number of fused-ring (bicyclic) bond motifs is 1. The molecule has 14 heavy (non-hydrogen) atoms. The summed E-state index contributed by atoms with van der Waals surface area (Å²) in [7, 11) is 0. The molecular formula is C9H8N2O2S. The molecule has 2 aromatic rings. The fourth-order valence-corrected chi connectivity index (χ4v) is 1.91. The number of nitrogens with zero attached hydrogens (tertiary/aromatic N) is 1. The summed E-state index contributed by atoms with van der Waals surface area (Å²) in [6, 6.07) is 5.23. The summed E-state index contributed by atoms with van der Waals surface area (Å²) < 4.78 is 5.85. The fraction of sp³-hybridized carbons (Fsp3) is 0.111. The van der Waals surface area contributed by atoms with Crippen LogP contribution < -0.4 is 10.5 Å². The first-order valence-corrected chi connectivity index (χ1v) is 4.81. The van der Waals surface area contributed by atoms with Gasteiger partial charge in [0.2, 0.25) is 0 Å². The van der Waals surface area contributed by atoms with E-state index >= 15 is 0 Å². The molecule has 0 amide bonds. The number of anilines is 1. The van der Waals surface area contributed by atoms with Gasteiger partial charge in [-0.05, 0) is 12.1 Å². The van der Waals surface area contributed by atoms with Crippen molar-refractivity contribution in [3.63, 3.8) is 0 Å². The second-order valence-corrected chi connectivity index (χ2v) is 3.84. The Bertz CT molecular complexity index is 493. The first kappa shape index (κ1) is 8.96. The maximum Gasteiger partial charge on any atom is 0.308 e. The first-order valence-electron chi connectivity index (χ1n) is 3.99. The Morgan fingerprint density at radius 2 is 2.36 bits per heavy atom. The van der Waals surface area contributed by atoms with E-state index in [2.05, 4.69) is 4.98 Å². The Morgan fingerprint density at radius 1 is 1.57 bits per heavy atom. The number of hydrogen-bond acceptors (Lipinski definition) is 5. The van der Waals surface area contributed by atoms with Crippen molar-refractivity contribution in [2.45, 2.75) is 6.92 Å². The standard InChI is InChI=1S/C9H8N2O2S/c1-5(12)13-6-2-3-7-8(4-6)14-9(10)11-7/h2-4H,1H3,(H2,10,11). The molecule has 0 spiro atoms. The molecule has 1 aromatic heterocycles. The van der Waals surface area contributed by atoms with Gasteiger partial charge < -0.3 is 10.5 Å². The Morgan fingerprint density at radius 3 is 3.07 bits per heavy atom. The molecule has 4 nitrogen and oxygen atoms in total. The Kier molecular flexibility index (Phi) is 2.09. The van der Waals surface area contributed by atoms with Gasteiger partial charge in [0, 0.05) is 13.0 Å². The van der Waals surface area contributed by atoms with Crippen LogP contribution in [0.1, 0.15) is 6.92 Å². The van der Waals surface area contributed by atoms with E-state index in [1.165, 1.54) is 18.3 Å². The molecule has 0 fully saturated rings. The van der Waals surface area contributed by atoms with Crippen molar-refractivity contribution in [1.82, 2.24) is 4.98 Å². The Hall–Kier alpha value is -1.62. The first-order chi connectivity index (χ1) is 6.65. The zero-order chi connectivity index (χ0) is 10.1. The summed E-state index contributed by atoms with van der Waals surface area (Å²) in [5, 5.41) is 0.514. The van der Waals surface area contributed by atoms with Crippen LogP contribution in [0.15, 0.2) is 18.2 Å². The topological polar surface area (TPSA) is 65.2 Å². The Labute approximate surface area is 84.3 Å². The van der Waals surface area contributed by atoms with E-state index in [0.29, 0.717) is 10.9 Å². The SMILES string of the molecule is CC(=O)Oc1ccc2nc(N)sc2c1. The number of thiazole rings is 1. The van der Waals surface area contributed by atoms with Gasteiger partial charge in [0.15, 0.2) is 5.13 Å². The van der Waals surface area contributed by atoms with E-state index in [1.807, 2.05) is 0 Å². The predicted octanol–water partition coefficient (Wildman–Crippen LogP) is 1.80. The minimum atomic E-state index is -0.332. The number of nitrogens with two attached hydrogens (primary N) is 1. The number of esters is 1. The highest BCUT2D eigenvalue weighted by atomic mass is 32.1. The third-order valence-corrected chi connectivity index (χ3v) is 2.49. The highest BCUT2D eigenvalue weighted by Gasteiger charge is 2.03. The van der Waals surface area contributed by atoms with Crippen molar-refractivity contribution in [1.29, 1.82) is 0 Å². The van der Waals surface area contributed by atoms with Crippen LogP contribution in [0, 0.1) is 0 Å². The van der Waals surface area contributed by atoms with Crippen LogP contribution >= 0.6 is 11.3 Å². The minimum absolute atomic E-state index is 0.332. The van der Waals surface area contributed by atoms with Crippen LogP contribution in [0.4, 0.5) is 5.13 Å². The molecule has 1 heterocycles. The summed E-state index contributed by atoms with van der Waals surface area (Å²) in [5.41, 5.74) is 6.36. The molecular weight excluding hydrogens is 200 g/mol. The second kappa shape index (κ2) is 3.26. The van der Waals surface area contributed by atoms with Crippen molar-refractivity contribution < 1.29 is 9.53 Å². The summed E-state index contributed by atoms with van der Waals surface area (Å²) >= 11 is 1.37. The normalized spacial score (nSPS) is 10.4. The highest BCUT2D eigenvalue weighted by molar-refractivity contribution is 7.22. The monoisotopic (exact) mass is 208 g/mol. The summed E-state index contributed by atoms with van der Waals surface area (Å²) in [6.07, 6.45) is 0. The van der Waals surface area contributed by atoms with E-state index < -0.39 is 0 Å². The van der Waals surface area contributed by atoms with Crippen molar-refractivity contribution in [2.75, 3.05) is 5.73 Å². The average Bonchev–Trinajstić information content (AvgIpc) is 2.42. The zero-order valence-electron chi connectivity index (χ0n) is 7.48. The molecule has 0 aliphatic heterocycles. The van der Waals surface area contributed by atoms with Gasteiger partial charge in [-0.3, -0.25) is 4.79 Å². The van der Waals surface area contributed by atoms with Crippen LogP contribution in [0.2, 0.25) is 0 Å². The molecule has 0 radical (unpaired) electrons. The van der Waals surface area contributed by atoms with Crippen molar-refractivity contribution in [3.05, 3.63) is 18.2 Å². The van der Waals surface area contributed by atoms with Gasteiger partial charge in [-0.1, -0.05) is 11.3 Å². The number of ether oxygens (including phenoxy) is 1. The number of hydrogen-bond donors (Lipinski definition) is 1. The molecule has 0 atom stereocenters. The van der Waals surface area contributed by atoms with E-state index in [9.17, 15) is 4.79 Å². The van der Waals surface area contributed by atoms with Gasteiger partial charge in [-0.25, -0.2) is 4.98 Å². The van der Waals surface area contributed by atoms with E-state index in [-0.39, 0.29) is 5.97 Å². The van der Waals surface area contributed by atoms with Crippen LogP contribution in [-0.2, 0) is 4.79 Å². The van der Waals surface area contributed by atoms with Crippen LogP contribution in [-0.4, -0.2) is 11.0 Å². The van der Waals surface area contributed by atoms with E-state index in [4.69, 9.17) is 10.5 Å². The fourth-order valence-electron chi connectivity index (χ4n) is 1.15. The predicted molar refractivity (Wildman–Crippen MR) is 55.3 cm³/mol. The lowest BCUT2D eigenvalue weighted by atomic mass is 10.3. The molecule has 0 saturated heterocycles. The van der Waals surface area contributed by atoms with Gasteiger partial charge in [0.1, 0.15) is 5.75 Å². The maximum atomic E-state index is 10.7. The van der Waals surface area contributed by atoms with Gasteiger partial charge in [0.05, 0.1) is 10.2 Å². The molecule has 2 rings (SSSR count). The van der Waals surface area contributed by atoms with E-state index in [0.717, 1.165) is 10.2 Å². The Balaban J connectivity index is 2.45. The molecule has 0 aliphatic carbocycles. The quantitative estimate of drug-likeness (QED) is 0.573. The largest absolute Gasteiger partial charge is 0.427 e. The second-order valence-electron chi connectivity index (χ2n) is 2.78. The molecule has 0 aliphatic rings.